The number of nitrogens with one attached hydrogen (secondary N) is 1. The molecule has 31 heavy (non-hydrogen) atoms. The van der Waals surface area contributed by atoms with Crippen molar-refractivity contribution in [2.45, 2.75) is 36.8 Å². The third kappa shape index (κ3) is 2.85. The summed E-state index contributed by atoms with van der Waals surface area (Å²) in [5.74, 6) is -2.73. The van der Waals surface area contributed by atoms with Crippen molar-refractivity contribution in [3.63, 3.8) is 0 Å². The van der Waals surface area contributed by atoms with Crippen LogP contribution in [0.1, 0.15) is 17.7 Å². The Kier molecular flexibility index (Phi) is 4.03. The first kappa shape index (κ1) is 20.2. The topological polar surface area (TPSA) is 65.6 Å². The highest BCUT2D eigenvalue weighted by atomic mass is 19.4. The Bertz CT molecular complexity index is 1120. The van der Waals surface area contributed by atoms with Crippen molar-refractivity contribution in [1.82, 2.24) is 9.88 Å². The van der Waals surface area contributed by atoms with Gasteiger partial charge >= 0.3 is 18.5 Å². The summed E-state index contributed by atoms with van der Waals surface area (Å²) in [7, 11) is 0. The minimum Gasteiger partial charge on any atom is -0.507 e. The van der Waals surface area contributed by atoms with E-state index in [2.05, 4.69) is 9.72 Å². The van der Waals surface area contributed by atoms with Crippen LogP contribution in [0.4, 0.5) is 26.3 Å². The van der Waals surface area contributed by atoms with E-state index in [0.29, 0.717) is 16.5 Å². The summed E-state index contributed by atoms with van der Waals surface area (Å²) >= 11 is 0. The highest BCUT2D eigenvalue weighted by Gasteiger charge is 2.65. The molecule has 1 fully saturated rings. The molecule has 1 aromatic heterocycles. The molecule has 4 heterocycles. The molecule has 0 radical (unpaired) electrons. The van der Waals surface area contributed by atoms with Gasteiger partial charge in [0.25, 0.3) is 0 Å². The SMILES string of the molecule is O=C(OC(F)(F)F)C12CC3C=C(C(F)(F)F)C1N(CCc1c2[nH]c2cccc(O)c12)C3. The number of esters is 1. The Morgan fingerprint density at radius 3 is 2.65 bits per heavy atom. The monoisotopic (exact) mass is 446 g/mol. The molecule has 166 valence electrons. The van der Waals surface area contributed by atoms with Crippen LogP contribution in [0.2, 0.25) is 0 Å². The maximum Gasteiger partial charge on any atom is 0.575 e. The van der Waals surface area contributed by atoms with E-state index in [1.165, 1.54) is 17.0 Å². The molecule has 0 spiro atoms. The Balaban J connectivity index is 1.81. The first-order chi connectivity index (χ1) is 14.4. The van der Waals surface area contributed by atoms with E-state index >= 15 is 0 Å². The van der Waals surface area contributed by atoms with Crippen LogP contribution in [0, 0.1) is 5.92 Å². The van der Waals surface area contributed by atoms with Gasteiger partial charge in [-0.05, 0) is 36.5 Å². The lowest BCUT2D eigenvalue weighted by Gasteiger charge is -2.53. The van der Waals surface area contributed by atoms with E-state index in [4.69, 9.17) is 0 Å². The lowest BCUT2D eigenvalue weighted by atomic mass is 9.61. The zero-order valence-corrected chi connectivity index (χ0v) is 15.8. The number of carbonyl (C=O) groups excluding carboxylic acids is 1. The van der Waals surface area contributed by atoms with Crippen molar-refractivity contribution < 1.29 is 41.0 Å². The van der Waals surface area contributed by atoms with E-state index in [0.717, 1.165) is 6.08 Å². The summed E-state index contributed by atoms with van der Waals surface area (Å²) in [5.41, 5.74) is -2.66. The van der Waals surface area contributed by atoms with Gasteiger partial charge in [-0.15, -0.1) is 13.2 Å². The molecule has 4 unspecified atom stereocenters. The molecule has 11 heteroatoms. The van der Waals surface area contributed by atoms with Crippen molar-refractivity contribution in [3.8, 4) is 5.75 Å². The number of alkyl halides is 6. The van der Waals surface area contributed by atoms with Crippen LogP contribution >= 0.6 is 0 Å². The number of hydrogen-bond donors (Lipinski definition) is 2. The minimum atomic E-state index is -5.35. The lowest BCUT2D eigenvalue weighted by molar-refractivity contribution is -0.310. The van der Waals surface area contributed by atoms with E-state index in [9.17, 15) is 36.2 Å². The second-order valence-corrected chi connectivity index (χ2v) is 8.22. The molecular weight excluding hydrogens is 430 g/mol. The minimum absolute atomic E-state index is 0.0506. The summed E-state index contributed by atoms with van der Waals surface area (Å²) in [6.45, 7) is 0.281. The van der Waals surface area contributed by atoms with Crippen molar-refractivity contribution in [2.24, 2.45) is 5.92 Å². The highest BCUT2D eigenvalue weighted by molar-refractivity contribution is 5.95. The molecule has 1 aromatic carbocycles. The van der Waals surface area contributed by atoms with Gasteiger partial charge in [-0.3, -0.25) is 9.69 Å². The Morgan fingerprint density at radius 2 is 1.97 bits per heavy atom. The first-order valence-electron chi connectivity index (χ1n) is 9.58. The number of benzene rings is 1. The van der Waals surface area contributed by atoms with Crippen molar-refractivity contribution in [3.05, 3.63) is 41.1 Å². The predicted molar refractivity (Wildman–Crippen MR) is 95.1 cm³/mol. The smallest absolute Gasteiger partial charge is 0.507 e. The number of aromatic nitrogens is 1. The molecule has 4 atom stereocenters. The Morgan fingerprint density at radius 1 is 1.23 bits per heavy atom. The van der Waals surface area contributed by atoms with Crippen LogP contribution in [-0.2, 0) is 21.4 Å². The normalized spacial score (nSPS) is 30.0. The van der Waals surface area contributed by atoms with Crippen LogP contribution in [0.3, 0.4) is 0 Å². The number of halogens is 6. The zero-order chi connectivity index (χ0) is 22.3. The number of piperidine rings is 1. The number of H-pyrrole nitrogens is 1. The van der Waals surface area contributed by atoms with Crippen molar-refractivity contribution in [2.75, 3.05) is 13.1 Å². The number of nitrogens with zero attached hydrogens (tertiary/aromatic N) is 1. The van der Waals surface area contributed by atoms with Gasteiger partial charge < -0.3 is 14.8 Å². The molecule has 6 rings (SSSR count). The second-order valence-electron chi connectivity index (χ2n) is 8.22. The largest absolute Gasteiger partial charge is 0.575 e. The maximum absolute atomic E-state index is 13.9. The van der Waals surface area contributed by atoms with Crippen LogP contribution in [0.25, 0.3) is 10.9 Å². The van der Waals surface area contributed by atoms with Gasteiger partial charge in [-0.25, -0.2) is 0 Å². The molecule has 0 saturated carbocycles. The zero-order valence-electron chi connectivity index (χ0n) is 15.8. The Hall–Kier alpha value is -2.69. The number of ether oxygens (including phenoxy) is 1. The van der Waals surface area contributed by atoms with Gasteiger partial charge in [-0.2, -0.15) is 13.2 Å². The summed E-state index contributed by atoms with van der Waals surface area (Å²) in [5, 5.41) is 10.6. The summed E-state index contributed by atoms with van der Waals surface area (Å²) in [4.78, 5) is 17.3. The average molecular weight is 446 g/mol. The maximum atomic E-state index is 13.9. The standard InChI is InChI=1S/C20H16F6N2O3/c21-19(22,23)11-6-9-7-18(17(30)31-20(24,25)26)15-10(4-5-28(8-9)16(11)18)14-12(27-15)2-1-3-13(14)29/h1-3,6,9,16,27,29H,4-5,7-8H2. The van der Waals surface area contributed by atoms with Crippen LogP contribution < -0.4 is 0 Å². The molecule has 0 amide bonds. The molecular formula is C20H16F6N2O3. The summed E-state index contributed by atoms with van der Waals surface area (Å²) < 4.78 is 84.7. The number of phenols is 1. The third-order valence-corrected chi connectivity index (χ3v) is 6.50. The van der Waals surface area contributed by atoms with Crippen molar-refractivity contribution >= 4 is 16.9 Å². The van der Waals surface area contributed by atoms with Gasteiger partial charge in [0.05, 0.1) is 6.04 Å². The van der Waals surface area contributed by atoms with E-state index in [1.807, 2.05) is 0 Å². The van der Waals surface area contributed by atoms with Gasteiger partial charge in [0.15, 0.2) is 0 Å². The molecule has 2 N–H and O–H groups in total. The van der Waals surface area contributed by atoms with Gasteiger partial charge in [0, 0.05) is 35.3 Å². The quantitative estimate of drug-likeness (QED) is 0.396. The second kappa shape index (κ2) is 6.18. The number of carbonyl (C=O) groups is 1. The Labute approximate surface area is 171 Å². The molecule has 4 aliphatic rings. The van der Waals surface area contributed by atoms with Gasteiger partial charge in [-0.1, -0.05) is 12.1 Å². The summed E-state index contributed by atoms with van der Waals surface area (Å²) in [6.07, 6.45) is -9.27. The van der Waals surface area contributed by atoms with E-state index in [-0.39, 0.29) is 37.4 Å². The number of fused-ring (bicyclic) bond motifs is 3. The fraction of sp³-hybridized carbons (Fsp3) is 0.450. The highest BCUT2D eigenvalue weighted by Crippen LogP contribution is 2.56. The van der Waals surface area contributed by atoms with Gasteiger partial charge in [0.2, 0.25) is 0 Å². The lowest BCUT2D eigenvalue weighted by Crippen LogP contribution is -2.65. The number of phenolic OH excluding ortho intramolecular Hbond substituents is 1. The molecule has 1 saturated heterocycles. The van der Waals surface area contributed by atoms with E-state index < -0.39 is 41.5 Å². The first-order valence-corrected chi connectivity index (χ1v) is 9.58. The molecule has 1 aliphatic carbocycles. The van der Waals surface area contributed by atoms with Crippen LogP contribution in [-0.4, -0.2) is 52.6 Å². The van der Waals surface area contributed by atoms with Crippen LogP contribution in [0.5, 0.6) is 5.75 Å². The van der Waals surface area contributed by atoms with Crippen molar-refractivity contribution in [1.29, 1.82) is 0 Å². The van der Waals surface area contributed by atoms with Gasteiger partial charge in [0.1, 0.15) is 11.2 Å². The number of rotatable bonds is 1. The molecule has 2 aromatic rings. The number of aromatic hydroxyl groups is 1. The molecule has 3 aliphatic heterocycles. The predicted octanol–water partition coefficient (Wildman–Crippen LogP) is 3.92. The molecule has 4 bridgehead atoms. The fourth-order valence-corrected chi connectivity index (χ4v) is 5.61. The number of aromatic amines is 1. The average Bonchev–Trinajstić information content (AvgIpc) is 3.00. The van der Waals surface area contributed by atoms with E-state index in [1.54, 1.807) is 6.07 Å². The third-order valence-electron chi connectivity index (χ3n) is 6.50. The number of hydrogen-bond acceptors (Lipinski definition) is 4. The fourth-order valence-electron chi connectivity index (χ4n) is 5.61. The summed E-state index contributed by atoms with van der Waals surface area (Å²) in [6, 6.07) is 2.76. The molecule has 5 nitrogen and oxygen atoms in total. The van der Waals surface area contributed by atoms with Crippen LogP contribution in [0.15, 0.2) is 29.8 Å².